The number of hydrogen-bond donors (Lipinski definition) is 2. The van der Waals surface area contributed by atoms with Crippen LogP contribution in [0.1, 0.15) is 53.1 Å². The number of halogens is 1. The van der Waals surface area contributed by atoms with Crippen LogP contribution in [0.4, 0.5) is 10.1 Å². The molecule has 2 N–H and O–H groups in total. The zero-order chi connectivity index (χ0) is 19.8. The van der Waals surface area contributed by atoms with E-state index in [2.05, 4.69) is 10.2 Å². The van der Waals surface area contributed by atoms with E-state index in [0.717, 1.165) is 49.9 Å². The van der Waals surface area contributed by atoms with Crippen molar-refractivity contribution in [3.8, 4) is 0 Å². The molecule has 0 amide bonds. The molecule has 5 rings (SSSR count). The number of hydrogen-bond acceptors (Lipinski definition) is 4. The summed E-state index contributed by atoms with van der Waals surface area (Å²) in [4.78, 5) is 26.3. The molecule has 6 nitrogen and oxygen atoms in total. The third-order valence-electron chi connectivity index (χ3n) is 6.89. The number of aryl methyl sites for hydroxylation is 1. The Morgan fingerprint density at radius 2 is 2.07 bits per heavy atom. The molecule has 3 aliphatic rings. The molecule has 148 valence electrons. The van der Waals surface area contributed by atoms with Crippen molar-refractivity contribution in [1.82, 2.24) is 9.72 Å². The molecular weight excluding hydrogens is 361 g/mol. The number of aromatic nitrogens is 1. The minimum absolute atomic E-state index is 0.228. The summed E-state index contributed by atoms with van der Waals surface area (Å²) in [5, 5.41) is 12.8. The Balaban J connectivity index is 1.72. The summed E-state index contributed by atoms with van der Waals surface area (Å²) in [7, 11) is 1.95. The highest BCUT2D eigenvalue weighted by Gasteiger charge is 2.55. The first-order chi connectivity index (χ1) is 13.4. The number of carbonyl (C=O) groups is 1. The normalized spacial score (nSPS) is 23.0. The van der Waals surface area contributed by atoms with Crippen LogP contribution in [0.2, 0.25) is 0 Å². The zero-order valence-corrected chi connectivity index (χ0v) is 16.1. The van der Waals surface area contributed by atoms with Gasteiger partial charge in [0, 0.05) is 24.5 Å². The van der Waals surface area contributed by atoms with E-state index in [1.54, 1.807) is 0 Å². The number of rotatable bonds is 4. The fourth-order valence-electron chi connectivity index (χ4n) is 5.09. The Hall–Kier alpha value is -2.41. The Bertz CT molecular complexity index is 1070. The molecule has 0 aromatic carbocycles. The lowest BCUT2D eigenvalue weighted by Crippen LogP contribution is -2.34. The molecule has 2 aromatic heterocycles. The minimum atomic E-state index is -1.27. The first kappa shape index (κ1) is 17.7. The average molecular weight is 385 g/mol. The quantitative estimate of drug-likeness (QED) is 0.846. The van der Waals surface area contributed by atoms with E-state index >= 15 is 4.39 Å². The van der Waals surface area contributed by atoms with Crippen molar-refractivity contribution in [3.63, 3.8) is 0 Å². The van der Waals surface area contributed by atoms with Gasteiger partial charge in [-0.3, -0.25) is 9.20 Å². The highest BCUT2D eigenvalue weighted by Crippen LogP contribution is 2.54. The smallest absolute Gasteiger partial charge is 0.341 e. The highest BCUT2D eigenvalue weighted by molar-refractivity contribution is 5.89. The molecule has 7 heteroatoms. The third-order valence-corrected chi connectivity index (χ3v) is 6.89. The van der Waals surface area contributed by atoms with Crippen molar-refractivity contribution in [3.05, 3.63) is 45.1 Å². The van der Waals surface area contributed by atoms with Crippen LogP contribution >= 0.6 is 0 Å². The van der Waals surface area contributed by atoms with Gasteiger partial charge in [-0.2, -0.15) is 0 Å². The van der Waals surface area contributed by atoms with Gasteiger partial charge < -0.3 is 15.3 Å². The van der Waals surface area contributed by atoms with Crippen molar-refractivity contribution in [2.45, 2.75) is 44.6 Å². The molecule has 2 aromatic rings. The maximum atomic E-state index is 15.2. The van der Waals surface area contributed by atoms with Gasteiger partial charge in [0.2, 0.25) is 0 Å². The number of carboxylic acid groups (broad SMARTS) is 1. The van der Waals surface area contributed by atoms with E-state index in [9.17, 15) is 14.7 Å². The number of nitrogens with zero attached hydrogens (tertiary/aromatic N) is 2. The molecule has 1 spiro atoms. The molecule has 3 heterocycles. The predicted molar refractivity (Wildman–Crippen MR) is 104 cm³/mol. The summed E-state index contributed by atoms with van der Waals surface area (Å²) in [5.74, 6) is -1.50. The number of aromatic carboxylic acids is 1. The molecule has 2 aliphatic carbocycles. The SMILES string of the molecule is CN[C@@H]1CN(c2c(F)cn3c(=O)c(C(=O)O)cc(C4CC4)c3c2C)CC12CC2. The number of anilines is 1. The van der Waals surface area contributed by atoms with Gasteiger partial charge in [-0.15, -0.1) is 0 Å². The Kier molecular flexibility index (Phi) is 3.66. The second-order valence-corrected chi connectivity index (χ2v) is 8.65. The molecule has 0 radical (unpaired) electrons. The number of nitrogens with one attached hydrogen (secondary N) is 1. The third kappa shape index (κ3) is 2.42. The Labute approximate surface area is 162 Å². The standard InChI is InChI=1S/C21H24FN3O3/c1-11-17-13(12-3-4-12)7-14(20(27)28)19(26)25(17)8-15(22)18(11)24-9-16(23-2)21(10-24)5-6-21/h7-8,12,16,23H,3-6,9-10H2,1-2H3,(H,27,28)/t16-/m1/s1. The fraction of sp³-hybridized carbons (Fsp3) is 0.524. The average Bonchev–Trinajstić information content (AvgIpc) is 3.54. The van der Waals surface area contributed by atoms with Crippen molar-refractivity contribution in [2.24, 2.45) is 5.41 Å². The van der Waals surface area contributed by atoms with Crippen LogP contribution in [0.5, 0.6) is 0 Å². The molecule has 28 heavy (non-hydrogen) atoms. The van der Waals surface area contributed by atoms with Crippen LogP contribution in [-0.2, 0) is 0 Å². The van der Waals surface area contributed by atoms with Gasteiger partial charge in [0.1, 0.15) is 5.56 Å². The fourth-order valence-corrected chi connectivity index (χ4v) is 5.09. The largest absolute Gasteiger partial charge is 0.477 e. The first-order valence-corrected chi connectivity index (χ1v) is 9.90. The zero-order valence-electron chi connectivity index (χ0n) is 16.1. The van der Waals surface area contributed by atoms with Crippen LogP contribution in [0, 0.1) is 18.2 Å². The molecular formula is C21H24FN3O3. The summed E-state index contributed by atoms with van der Waals surface area (Å²) < 4.78 is 16.4. The Morgan fingerprint density at radius 3 is 2.61 bits per heavy atom. The van der Waals surface area contributed by atoms with Gasteiger partial charge in [-0.25, -0.2) is 9.18 Å². The van der Waals surface area contributed by atoms with Crippen molar-refractivity contribution in [1.29, 1.82) is 0 Å². The lowest BCUT2D eigenvalue weighted by atomic mass is 10.0. The van der Waals surface area contributed by atoms with Crippen LogP contribution < -0.4 is 15.8 Å². The summed E-state index contributed by atoms with van der Waals surface area (Å²) in [6.45, 7) is 3.40. The summed E-state index contributed by atoms with van der Waals surface area (Å²) in [6, 6.07) is 1.84. The number of pyridine rings is 2. The molecule has 3 fully saturated rings. The molecule has 1 atom stereocenters. The number of carboxylic acids is 1. The highest BCUT2D eigenvalue weighted by atomic mass is 19.1. The summed E-state index contributed by atoms with van der Waals surface area (Å²) >= 11 is 0. The van der Waals surface area contributed by atoms with E-state index in [0.29, 0.717) is 17.2 Å². The molecule has 2 saturated carbocycles. The first-order valence-electron chi connectivity index (χ1n) is 9.90. The van der Waals surface area contributed by atoms with Gasteiger partial charge in [0.15, 0.2) is 5.82 Å². The maximum Gasteiger partial charge on any atom is 0.341 e. The maximum absolute atomic E-state index is 15.2. The van der Waals surface area contributed by atoms with E-state index in [1.165, 1.54) is 16.7 Å². The molecule has 1 saturated heterocycles. The van der Waals surface area contributed by atoms with E-state index in [4.69, 9.17) is 0 Å². The lowest BCUT2D eigenvalue weighted by molar-refractivity contribution is 0.0694. The van der Waals surface area contributed by atoms with Crippen LogP contribution in [0.15, 0.2) is 17.1 Å². The van der Waals surface area contributed by atoms with Gasteiger partial charge >= 0.3 is 5.97 Å². The second kappa shape index (κ2) is 5.80. The lowest BCUT2D eigenvalue weighted by Gasteiger charge is -2.24. The summed E-state index contributed by atoms with van der Waals surface area (Å²) in [6.07, 6.45) is 5.42. The Morgan fingerprint density at radius 1 is 1.36 bits per heavy atom. The van der Waals surface area contributed by atoms with Crippen molar-refractivity contribution < 1.29 is 14.3 Å². The van der Waals surface area contributed by atoms with Crippen LogP contribution in [-0.4, -0.2) is 41.7 Å². The second-order valence-electron chi connectivity index (χ2n) is 8.65. The van der Waals surface area contributed by atoms with E-state index in [-0.39, 0.29) is 16.9 Å². The van der Waals surface area contributed by atoms with Crippen molar-refractivity contribution in [2.75, 3.05) is 25.0 Å². The van der Waals surface area contributed by atoms with Crippen LogP contribution in [0.25, 0.3) is 5.52 Å². The van der Waals surface area contributed by atoms with Gasteiger partial charge in [0.25, 0.3) is 5.56 Å². The molecule has 1 aliphatic heterocycles. The van der Waals surface area contributed by atoms with E-state index in [1.807, 2.05) is 14.0 Å². The monoisotopic (exact) mass is 385 g/mol. The predicted octanol–water partition coefficient (Wildman–Crippen LogP) is 2.51. The molecule has 0 bridgehead atoms. The number of fused-ring (bicyclic) bond motifs is 1. The van der Waals surface area contributed by atoms with Gasteiger partial charge in [-0.05, 0) is 62.8 Å². The van der Waals surface area contributed by atoms with E-state index < -0.39 is 17.3 Å². The molecule has 0 unspecified atom stereocenters. The topological polar surface area (TPSA) is 74.0 Å². The number of likely N-dealkylation sites (N-methyl/N-ethyl adjacent to an activating group) is 1. The van der Waals surface area contributed by atoms with Crippen molar-refractivity contribution >= 4 is 17.2 Å². The van der Waals surface area contributed by atoms with Gasteiger partial charge in [0.05, 0.1) is 17.4 Å². The van der Waals surface area contributed by atoms with Crippen LogP contribution in [0.3, 0.4) is 0 Å². The minimum Gasteiger partial charge on any atom is -0.477 e. The van der Waals surface area contributed by atoms with Gasteiger partial charge in [-0.1, -0.05) is 0 Å². The summed E-state index contributed by atoms with van der Waals surface area (Å²) in [5.41, 5.74) is 2.06.